The molecule has 0 fully saturated rings. The average Bonchev–Trinajstić information content (AvgIpc) is 2.54. The van der Waals surface area contributed by atoms with Gasteiger partial charge in [-0.1, -0.05) is 6.92 Å². The minimum absolute atomic E-state index is 0.320. The van der Waals surface area contributed by atoms with Crippen LogP contribution in [0.25, 0.3) is 0 Å². The normalized spacial score (nSPS) is 12.3. The number of ether oxygens (including phenoxy) is 3. The van der Waals surface area contributed by atoms with E-state index in [4.69, 9.17) is 14.2 Å². The minimum atomic E-state index is -1.13. The predicted molar refractivity (Wildman–Crippen MR) is 126 cm³/mol. The predicted octanol–water partition coefficient (Wildman–Crippen LogP) is 4.07. The second kappa shape index (κ2) is 15.5. The molecule has 0 spiro atoms. The monoisotopic (exact) mass is 772 g/mol. The smallest absolute Gasteiger partial charge is 0.260 e. The second-order valence-corrected chi connectivity index (χ2v) is 18.6. The number of carbonyl (C=O) groups is 2. The summed E-state index contributed by atoms with van der Waals surface area (Å²) in [5.41, 5.74) is 0. The summed E-state index contributed by atoms with van der Waals surface area (Å²) in [6.45, 7) is 5.03. The van der Waals surface area contributed by atoms with Gasteiger partial charge in [0.15, 0.2) is 0 Å². The van der Waals surface area contributed by atoms with Gasteiger partial charge in [-0.3, -0.25) is 9.59 Å². The molecule has 0 aromatic carbocycles. The first-order chi connectivity index (χ1) is 12.5. The Balaban J connectivity index is 4.21. The molecule has 0 aliphatic rings. The Morgan fingerprint density at radius 1 is 0.741 bits per heavy atom. The molecule has 0 saturated carbocycles. The highest BCUT2D eigenvalue weighted by atomic mass is 80.0. The van der Waals surface area contributed by atoms with E-state index in [1.807, 2.05) is 6.92 Å². The highest BCUT2D eigenvalue weighted by Gasteiger charge is 2.34. The summed E-state index contributed by atoms with van der Waals surface area (Å²) in [5, 5.41) is 5.38. The van der Waals surface area contributed by atoms with Crippen LogP contribution in [-0.4, -0.2) is 61.9 Å². The zero-order chi connectivity index (χ0) is 20.9. The molecule has 0 rings (SSSR count). The van der Waals surface area contributed by atoms with Gasteiger partial charge in [-0.05, 0) is 102 Å². The maximum absolute atomic E-state index is 12.1. The lowest BCUT2D eigenvalue weighted by molar-refractivity contribution is -0.123. The fraction of sp³-hybridized carbons (Fsp3) is 0.857. The molecule has 0 bridgehead atoms. The topological polar surface area (TPSA) is 85.9 Å². The highest BCUT2D eigenvalue weighted by Crippen LogP contribution is 2.34. The van der Waals surface area contributed by atoms with Crippen LogP contribution in [0, 0.1) is 0 Å². The highest BCUT2D eigenvalue weighted by molar-refractivity contribution is 9.40. The maximum atomic E-state index is 12.1. The third kappa shape index (κ3) is 16.1. The fourth-order valence-electron chi connectivity index (χ4n) is 1.55. The zero-order valence-electron chi connectivity index (χ0n) is 14.5. The number of carbonyl (C=O) groups excluding carboxylic acids is 2. The Morgan fingerprint density at radius 3 is 1.48 bits per heavy atom. The summed E-state index contributed by atoms with van der Waals surface area (Å²) >= 11 is 18.8. The van der Waals surface area contributed by atoms with Crippen molar-refractivity contribution >= 4 is 107 Å². The van der Waals surface area contributed by atoms with Gasteiger partial charge in [-0.15, -0.1) is 0 Å². The number of amides is 2. The van der Waals surface area contributed by atoms with Gasteiger partial charge in [0, 0.05) is 13.0 Å². The number of alkyl halides is 6. The number of hydrogen-bond donors (Lipinski definition) is 2. The molecule has 0 aromatic heterocycles. The van der Waals surface area contributed by atoms with Gasteiger partial charge >= 0.3 is 0 Å². The largest absolute Gasteiger partial charge is 0.379 e. The molecule has 0 radical (unpaired) electrons. The maximum Gasteiger partial charge on any atom is 0.260 e. The quantitative estimate of drug-likeness (QED) is 0.168. The summed E-state index contributed by atoms with van der Waals surface area (Å²) in [4.78, 5) is 24.2. The molecule has 2 amide bonds. The lowest BCUT2D eigenvalue weighted by atomic mass is 10.3. The van der Waals surface area contributed by atoms with Crippen LogP contribution in [-0.2, 0) is 23.8 Å². The summed E-state index contributed by atoms with van der Waals surface area (Å²) < 4.78 is 13.9. The van der Waals surface area contributed by atoms with Gasteiger partial charge in [-0.25, -0.2) is 0 Å². The van der Waals surface area contributed by atoms with Crippen LogP contribution >= 0.6 is 95.6 Å². The number of hydrogen-bond acceptors (Lipinski definition) is 5. The van der Waals surface area contributed by atoms with E-state index in [-0.39, 0.29) is 0 Å². The molecule has 160 valence electrons. The van der Waals surface area contributed by atoms with Crippen molar-refractivity contribution in [1.82, 2.24) is 10.6 Å². The van der Waals surface area contributed by atoms with Crippen LogP contribution in [0.2, 0.25) is 0 Å². The van der Waals surface area contributed by atoms with Crippen LogP contribution in [0.3, 0.4) is 0 Å². The van der Waals surface area contributed by atoms with E-state index in [0.717, 1.165) is 13.0 Å². The van der Waals surface area contributed by atoms with E-state index >= 15 is 0 Å². The third-order valence-electron chi connectivity index (χ3n) is 2.77. The van der Waals surface area contributed by atoms with Crippen molar-refractivity contribution in [1.29, 1.82) is 0 Å². The van der Waals surface area contributed by atoms with Gasteiger partial charge < -0.3 is 24.8 Å². The average molecular weight is 778 g/mol. The zero-order valence-corrected chi connectivity index (χ0v) is 24.1. The van der Waals surface area contributed by atoms with Crippen molar-refractivity contribution in [2.45, 2.75) is 30.2 Å². The molecule has 0 unspecified atom stereocenters. The van der Waals surface area contributed by atoms with Crippen molar-refractivity contribution in [3.05, 3.63) is 0 Å². The van der Waals surface area contributed by atoms with Crippen molar-refractivity contribution in [3.8, 4) is 0 Å². The van der Waals surface area contributed by atoms with Crippen LogP contribution in [0.15, 0.2) is 0 Å². The SMILES string of the molecule is CCCOCCOCCOCCC(NC(=O)C(Br)(Br)Br)NC(=O)C(Br)(Br)Br. The standard InChI is InChI=1S/C14H22Br6N2O5/c1-2-4-25-6-8-27-9-7-26-5-3-10(21-11(23)13(15,16)17)22-12(24)14(18,19)20/h10H,2-9H2,1H3,(H,21,23)(H,22,24). The van der Waals surface area contributed by atoms with Crippen molar-refractivity contribution in [2.24, 2.45) is 0 Å². The molecular formula is C14H22Br6N2O5. The third-order valence-corrected chi connectivity index (χ3v) is 4.93. The van der Waals surface area contributed by atoms with Crippen molar-refractivity contribution in [2.75, 3.05) is 39.6 Å². The lowest BCUT2D eigenvalue weighted by Crippen LogP contribution is -2.53. The Labute approximate surface area is 209 Å². The van der Waals surface area contributed by atoms with Crippen molar-refractivity contribution < 1.29 is 23.8 Å². The lowest BCUT2D eigenvalue weighted by Gasteiger charge is -2.24. The number of nitrogens with one attached hydrogen (secondary N) is 2. The van der Waals surface area contributed by atoms with E-state index in [1.165, 1.54) is 0 Å². The molecule has 13 heteroatoms. The molecule has 0 atom stereocenters. The van der Waals surface area contributed by atoms with Gasteiger partial charge in [0.2, 0.25) is 4.29 Å². The van der Waals surface area contributed by atoms with E-state index in [2.05, 4.69) is 106 Å². The van der Waals surface area contributed by atoms with E-state index in [9.17, 15) is 9.59 Å². The fourth-order valence-corrected chi connectivity index (χ4v) is 2.23. The molecule has 0 aliphatic carbocycles. The van der Waals surface area contributed by atoms with E-state index in [1.54, 1.807) is 0 Å². The van der Waals surface area contributed by atoms with Gasteiger partial charge in [0.25, 0.3) is 11.8 Å². The second-order valence-electron chi connectivity index (χ2n) is 5.12. The molecule has 0 aliphatic heterocycles. The Hall–Kier alpha value is 1.70. The Morgan fingerprint density at radius 2 is 1.11 bits per heavy atom. The molecule has 27 heavy (non-hydrogen) atoms. The van der Waals surface area contributed by atoms with Gasteiger partial charge in [-0.2, -0.15) is 0 Å². The molecule has 0 saturated heterocycles. The summed E-state index contributed by atoms with van der Waals surface area (Å²) in [5.74, 6) is -0.819. The molecule has 2 N–H and O–H groups in total. The van der Waals surface area contributed by atoms with Crippen molar-refractivity contribution in [3.63, 3.8) is 0 Å². The van der Waals surface area contributed by atoms with E-state index in [0.29, 0.717) is 39.5 Å². The Bertz CT molecular complexity index is 417. The summed E-state index contributed by atoms with van der Waals surface area (Å²) in [6.07, 6.45) is 0.703. The van der Waals surface area contributed by atoms with Gasteiger partial charge in [0.1, 0.15) is 6.17 Å². The number of rotatable bonds is 13. The summed E-state index contributed by atoms with van der Waals surface area (Å²) in [6, 6.07) is 0. The first-order valence-electron chi connectivity index (χ1n) is 7.97. The first-order valence-corrected chi connectivity index (χ1v) is 12.7. The van der Waals surface area contributed by atoms with Crippen LogP contribution in [0.5, 0.6) is 0 Å². The number of halogens is 6. The van der Waals surface area contributed by atoms with E-state index < -0.39 is 22.3 Å². The van der Waals surface area contributed by atoms with Crippen LogP contribution in [0.1, 0.15) is 19.8 Å². The summed E-state index contributed by atoms with van der Waals surface area (Å²) in [7, 11) is 0. The molecule has 0 heterocycles. The van der Waals surface area contributed by atoms with Crippen LogP contribution in [0.4, 0.5) is 0 Å². The molecule has 0 aromatic rings. The first kappa shape index (κ1) is 28.7. The Kier molecular flexibility index (Phi) is 16.5. The van der Waals surface area contributed by atoms with Crippen LogP contribution < -0.4 is 10.6 Å². The molecular weight excluding hydrogens is 756 g/mol. The van der Waals surface area contributed by atoms with Gasteiger partial charge in [0.05, 0.1) is 33.0 Å². The molecule has 7 nitrogen and oxygen atoms in total. The minimum Gasteiger partial charge on any atom is -0.379 e.